The molecule has 0 aliphatic rings. The molecule has 0 heterocycles. The molecule has 0 bridgehead atoms. The van der Waals surface area contributed by atoms with E-state index in [1.807, 2.05) is 0 Å². The standard InChI is InChI=1S/C17H21N3O5S2/c1-20(2)27(24,25)16-10-6-7-14(13-16)19-17(21)11-12-18-26(22,23)15-8-4-3-5-9-15/h3-10,13,18H,11-12H2,1-2H3,(H,19,21). The first-order chi connectivity index (χ1) is 12.6. The van der Waals surface area contributed by atoms with Crippen molar-refractivity contribution in [2.75, 3.05) is 26.0 Å². The fourth-order valence-electron chi connectivity index (χ4n) is 2.15. The Balaban J connectivity index is 1.95. The molecular formula is C17H21N3O5S2. The van der Waals surface area contributed by atoms with E-state index < -0.39 is 26.0 Å². The second kappa shape index (κ2) is 8.61. The minimum atomic E-state index is -3.68. The van der Waals surface area contributed by atoms with Gasteiger partial charge in [0.15, 0.2) is 0 Å². The largest absolute Gasteiger partial charge is 0.326 e. The first-order valence-corrected chi connectivity index (χ1v) is 10.9. The maximum absolute atomic E-state index is 12.1. The summed E-state index contributed by atoms with van der Waals surface area (Å²) in [4.78, 5) is 12.2. The van der Waals surface area contributed by atoms with Gasteiger partial charge in [0.1, 0.15) is 0 Å². The van der Waals surface area contributed by atoms with Gasteiger partial charge in [-0.3, -0.25) is 4.79 Å². The lowest BCUT2D eigenvalue weighted by molar-refractivity contribution is -0.116. The molecule has 2 N–H and O–H groups in total. The van der Waals surface area contributed by atoms with Crippen molar-refractivity contribution in [1.29, 1.82) is 0 Å². The molecule has 0 unspecified atom stereocenters. The number of benzene rings is 2. The summed E-state index contributed by atoms with van der Waals surface area (Å²) in [5, 5.41) is 2.56. The van der Waals surface area contributed by atoms with Crippen molar-refractivity contribution in [2.24, 2.45) is 0 Å². The molecule has 146 valence electrons. The van der Waals surface area contributed by atoms with Crippen molar-refractivity contribution in [3.63, 3.8) is 0 Å². The molecule has 0 atom stereocenters. The monoisotopic (exact) mass is 411 g/mol. The van der Waals surface area contributed by atoms with E-state index in [0.29, 0.717) is 5.69 Å². The summed E-state index contributed by atoms with van der Waals surface area (Å²) in [5.41, 5.74) is 0.314. The zero-order valence-corrected chi connectivity index (χ0v) is 16.5. The molecule has 2 aromatic rings. The molecule has 0 aromatic heterocycles. The minimum Gasteiger partial charge on any atom is -0.326 e. The number of hydrogen-bond donors (Lipinski definition) is 2. The third kappa shape index (κ3) is 5.60. The van der Waals surface area contributed by atoms with Crippen LogP contribution in [0.4, 0.5) is 5.69 Å². The van der Waals surface area contributed by atoms with Gasteiger partial charge in [-0.05, 0) is 30.3 Å². The number of carbonyl (C=O) groups excluding carboxylic acids is 1. The van der Waals surface area contributed by atoms with Gasteiger partial charge < -0.3 is 5.32 Å². The number of amides is 1. The second-order valence-corrected chi connectivity index (χ2v) is 9.74. The number of nitrogens with one attached hydrogen (secondary N) is 2. The van der Waals surface area contributed by atoms with Crippen molar-refractivity contribution in [2.45, 2.75) is 16.2 Å². The van der Waals surface area contributed by atoms with Gasteiger partial charge in [-0.15, -0.1) is 0 Å². The van der Waals surface area contributed by atoms with E-state index in [0.717, 1.165) is 4.31 Å². The number of carbonyl (C=O) groups is 1. The maximum atomic E-state index is 12.1. The summed E-state index contributed by atoms with van der Waals surface area (Å²) < 4.78 is 51.8. The van der Waals surface area contributed by atoms with Crippen LogP contribution in [0.25, 0.3) is 0 Å². The number of anilines is 1. The lowest BCUT2D eigenvalue weighted by atomic mass is 10.3. The highest BCUT2D eigenvalue weighted by Crippen LogP contribution is 2.18. The maximum Gasteiger partial charge on any atom is 0.242 e. The first-order valence-electron chi connectivity index (χ1n) is 8.00. The molecule has 0 spiro atoms. The van der Waals surface area contributed by atoms with E-state index in [1.165, 1.54) is 44.4 Å². The van der Waals surface area contributed by atoms with E-state index in [2.05, 4.69) is 10.0 Å². The summed E-state index contributed by atoms with van der Waals surface area (Å²) in [6.45, 7) is -0.0846. The summed E-state index contributed by atoms with van der Waals surface area (Å²) in [5.74, 6) is -0.440. The lowest BCUT2D eigenvalue weighted by Crippen LogP contribution is -2.28. The Labute approximate surface area is 159 Å². The SMILES string of the molecule is CN(C)S(=O)(=O)c1cccc(NC(=O)CCNS(=O)(=O)c2ccccc2)c1. The molecular weight excluding hydrogens is 390 g/mol. The molecule has 2 aromatic carbocycles. The highest BCUT2D eigenvalue weighted by Gasteiger charge is 2.18. The zero-order valence-electron chi connectivity index (χ0n) is 14.9. The van der Waals surface area contributed by atoms with Crippen LogP contribution in [0.15, 0.2) is 64.4 Å². The molecule has 0 saturated heterocycles. The number of nitrogens with zero attached hydrogens (tertiary/aromatic N) is 1. The molecule has 2 rings (SSSR count). The number of hydrogen-bond acceptors (Lipinski definition) is 5. The van der Waals surface area contributed by atoms with Gasteiger partial charge in [0.25, 0.3) is 0 Å². The molecule has 0 saturated carbocycles. The Bertz CT molecular complexity index is 1000. The predicted molar refractivity (Wildman–Crippen MR) is 102 cm³/mol. The number of rotatable bonds is 8. The Morgan fingerprint density at radius 3 is 2.19 bits per heavy atom. The van der Waals surface area contributed by atoms with Crippen molar-refractivity contribution >= 4 is 31.6 Å². The molecule has 1 amide bonds. The van der Waals surface area contributed by atoms with Gasteiger partial charge in [0.2, 0.25) is 26.0 Å². The van der Waals surface area contributed by atoms with E-state index in [4.69, 9.17) is 0 Å². The van der Waals surface area contributed by atoms with E-state index >= 15 is 0 Å². The summed E-state index contributed by atoms with van der Waals surface area (Å²) >= 11 is 0. The third-order valence-electron chi connectivity index (χ3n) is 3.59. The quantitative estimate of drug-likeness (QED) is 0.679. The van der Waals surface area contributed by atoms with Crippen LogP contribution in [0.1, 0.15) is 6.42 Å². The average Bonchev–Trinajstić information content (AvgIpc) is 2.62. The molecule has 27 heavy (non-hydrogen) atoms. The topological polar surface area (TPSA) is 113 Å². The third-order valence-corrected chi connectivity index (χ3v) is 6.88. The van der Waals surface area contributed by atoms with Crippen LogP contribution < -0.4 is 10.0 Å². The summed E-state index contributed by atoms with van der Waals surface area (Å²) in [7, 11) is -4.46. The molecule has 0 aliphatic heterocycles. The second-order valence-electron chi connectivity index (χ2n) is 5.82. The van der Waals surface area contributed by atoms with Crippen molar-refractivity contribution in [1.82, 2.24) is 9.03 Å². The normalized spacial score (nSPS) is 12.1. The van der Waals surface area contributed by atoms with Crippen LogP contribution in [0.2, 0.25) is 0 Å². The van der Waals surface area contributed by atoms with Gasteiger partial charge in [0.05, 0.1) is 9.79 Å². The van der Waals surface area contributed by atoms with Crippen LogP contribution in [-0.2, 0) is 24.8 Å². The number of sulfonamides is 2. The lowest BCUT2D eigenvalue weighted by Gasteiger charge is -2.13. The molecule has 0 aliphatic carbocycles. The average molecular weight is 412 g/mol. The van der Waals surface area contributed by atoms with Gasteiger partial charge in [-0.2, -0.15) is 0 Å². The molecule has 0 radical (unpaired) electrons. The van der Waals surface area contributed by atoms with Crippen LogP contribution in [0.5, 0.6) is 0 Å². The van der Waals surface area contributed by atoms with Gasteiger partial charge in [0, 0.05) is 32.7 Å². The Kier molecular flexibility index (Phi) is 6.71. The summed E-state index contributed by atoms with van der Waals surface area (Å²) in [6, 6.07) is 13.7. The van der Waals surface area contributed by atoms with Crippen LogP contribution >= 0.6 is 0 Å². The highest BCUT2D eigenvalue weighted by atomic mass is 32.2. The van der Waals surface area contributed by atoms with E-state index in [1.54, 1.807) is 24.3 Å². The zero-order chi connectivity index (χ0) is 20.1. The fourth-order valence-corrected chi connectivity index (χ4v) is 4.15. The molecule has 8 nitrogen and oxygen atoms in total. The van der Waals surface area contributed by atoms with Gasteiger partial charge in [-0.25, -0.2) is 25.9 Å². The Hall–Kier alpha value is -2.27. The van der Waals surface area contributed by atoms with Crippen LogP contribution in [0, 0.1) is 0 Å². The van der Waals surface area contributed by atoms with Crippen LogP contribution in [0.3, 0.4) is 0 Å². The van der Waals surface area contributed by atoms with Crippen molar-refractivity contribution in [3.05, 3.63) is 54.6 Å². The summed E-state index contributed by atoms with van der Waals surface area (Å²) in [6.07, 6.45) is -0.100. The van der Waals surface area contributed by atoms with E-state index in [-0.39, 0.29) is 22.8 Å². The highest BCUT2D eigenvalue weighted by molar-refractivity contribution is 7.89. The Morgan fingerprint density at radius 1 is 0.926 bits per heavy atom. The van der Waals surface area contributed by atoms with Crippen molar-refractivity contribution in [3.8, 4) is 0 Å². The predicted octanol–water partition coefficient (Wildman–Crippen LogP) is 1.24. The molecule has 10 heteroatoms. The molecule has 0 fully saturated rings. The van der Waals surface area contributed by atoms with E-state index in [9.17, 15) is 21.6 Å². The van der Waals surface area contributed by atoms with Gasteiger partial charge >= 0.3 is 0 Å². The fraction of sp³-hybridized carbons (Fsp3) is 0.235. The van der Waals surface area contributed by atoms with Crippen molar-refractivity contribution < 1.29 is 21.6 Å². The van der Waals surface area contributed by atoms with Gasteiger partial charge in [-0.1, -0.05) is 24.3 Å². The van der Waals surface area contributed by atoms with Crippen LogP contribution in [-0.4, -0.2) is 47.7 Å². The minimum absolute atomic E-state index is 0.0510. The smallest absolute Gasteiger partial charge is 0.242 e. The Morgan fingerprint density at radius 2 is 1.56 bits per heavy atom. The first kappa shape index (κ1) is 21.0.